The van der Waals surface area contributed by atoms with Gasteiger partial charge in [0.25, 0.3) is 5.91 Å². The molecule has 1 aromatic heterocycles. The van der Waals surface area contributed by atoms with Gasteiger partial charge in [0.2, 0.25) is 20.2 Å². The number of para-hydroxylation sites is 2. The minimum Gasteiger partial charge on any atom is -0.490 e. The average molecular weight is 528 g/mol. The maximum atomic E-state index is 12.7. The summed E-state index contributed by atoms with van der Waals surface area (Å²) >= 11 is 6.92. The SMILES string of the molecule is CS(=O)(=O)C1=NSC2=NC(=O)/C(=C\c3cn(CCOc4ccccc4Cl)c4ccccc34)C(=N)N21. The number of aromatic nitrogens is 1. The Kier molecular flexibility index (Phi) is 5.99. The molecule has 0 saturated heterocycles. The fourth-order valence-corrected chi connectivity index (χ4v) is 5.82. The van der Waals surface area contributed by atoms with Crippen LogP contribution in [0.5, 0.6) is 5.75 Å². The van der Waals surface area contributed by atoms with E-state index in [2.05, 4.69) is 9.39 Å². The lowest BCUT2D eigenvalue weighted by molar-refractivity contribution is -0.114. The van der Waals surface area contributed by atoms with Crippen molar-refractivity contribution in [3.8, 4) is 5.75 Å². The number of nitrogens with zero attached hydrogens (tertiary/aromatic N) is 4. The van der Waals surface area contributed by atoms with Gasteiger partial charge in [-0.1, -0.05) is 41.9 Å². The molecule has 0 bridgehead atoms. The molecular weight excluding hydrogens is 510 g/mol. The molecule has 1 N–H and O–H groups in total. The summed E-state index contributed by atoms with van der Waals surface area (Å²) < 4.78 is 35.9. The Morgan fingerprint density at radius 1 is 1.17 bits per heavy atom. The van der Waals surface area contributed by atoms with Crippen LogP contribution in [0, 0.1) is 5.41 Å². The first-order valence-corrected chi connectivity index (χ1v) is 13.4. The molecule has 0 aliphatic carbocycles. The highest BCUT2D eigenvalue weighted by Gasteiger charge is 2.41. The van der Waals surface area contributed by atoms with Crippen LogP contribution in [0.25, 0.3) is 17.0 Å². The number of amides is 1. The molecule has 3 aromatic rings. The third kappa shape index (κ3) is 4.38. The topological polar surface area (TPSA) is 117 Å². The zero-order valence-corrected chi connectivity index (χ0v) is 20.7. The third-order valence-electron chi connectivity index (χ3n) is 5.37. The van der Waals surface area contributed by atoms with Crippen molar-refractivity contribution in [3.05, 3.63) is 70.9 Å². The van der Waals surface area contributed by atoms with Crippen molar-refractivity contribution < 1.29 is 17.9 Å². The van der Waals surface area contributed by atoms with Gasteiger partial charge in [-0.05, 0) is 24.3 Å². The second-order valence-electron chi connectivity index (χ2n) is 7.75. The van der Waals surface area contributed by atoms with Crippen molar-refractivity contribution in [3.63, 3.8) is 0 Å². The first kappa shape index (κ1) is 23.3. The number of benzene rings is 2. The molecule has 9 nitrogen and oxygen atoms in total. The van der Waals surface area contributed by atoms with Crippen molar-refractivity contribution in [1.82, 2.24) is 9.47 Å². The second kappa shape index (κ2) is 8.99. The summed E-state index contributed by atoms with van der Waals surface area (Å²) in [6.07, 6.45) is 4.42. The number of fused-ring (bicyclic) bond motifs is 2. The molecule has 12 heteroatoms. The largest absolute Gasteiger partial charge is 0.490 e. The molecule has 2 aliphatic heterocycles. The number of halogens is 1. The molecule has 35 heavy (non-hydrogen) atoms. The molecule has 0 radical (unpaired) electrons. The molecule has 2 aliphatic rings. The van der Waals surface area contributed by atoms with Crippen LogP contribution in [0.15, 0.2) is 69.7 Å². The Hall–Kier alpha value is -3.41. The summed E-state index contributed by atoms with van der Waals surface area (Å²) in [6.45, 7) is 0.871. The first-order chi connectivity index (χ1) is 16.7. The molecule has 0 atom stereocenters. The fraction of sp³-hybridized carbons (Fsp3) is 0.130. The quantitative estimate of drug-likeness (QED) is 0.396. The number of sulfone groups is 1. The van der Waals surface area contributed by atoms with E-state index in [4.69, 9.17) is 21.7 Å². The van der Waals surface area contributed by atoms with Crippen molar-refractivity contribution in [2.45, 2.75) is 6.54 Å². The summed E-state index contributed by atoms with van der Waals surface area (Å²) in [5, 5.41) is 9.69. The number of rotatable bonds is 5. The number of amidine groups is 3. The molecule has 3 heterocycles. The monoisotopic (exact) mass is 527 g/mol. The first-order valence-electron chi connectivity index (χ1n) is 10.4. The fourth-order valence-electron chi connectivity index (χ4n) is 3.78. The normalized spacial score (nSPS) is 17.1. The maximum absolute atomic E-state index is 12.7. The van der Waals surface area contributed by atoms with Crippen LogP contribution in [0.4, 0.5) is 0 Å². The number of aliphatic imine (C=N–C) groups is 1. The maximum Gasteiger partial charge on any atom is 0.283 e. The highest BCUT2D eigenvalue weighted by molar-refractivity contribution is 8.16. The van der Waals surface area contributed by atoms with E-state index in [9.17, 15) is 13.2 Å². The summed E-state index contributed by atoms with van der Waals surface area (Å²) in [5.41, 5.74) is 1.58. The lowest BCUT2D eigenvalue weighted by atomic mass is 10.1. The number of carbonyl (C=O) groups is 1. The summed E-state index contributed by atoms with van der Waals surface area (Å²) in [4.78, 5) is 17.8. The Bertz CT molecular complexity index is 1590. The molecule has 1 amide bonds. The van der Waals surface area contributed by atoms with Gasteiger partial charge in [-0.3, -0.25) is 10.2 Å². The minimum absolute atomic E-state index is 0.0252. The standard InChI is InChI=1S/C23H18ClN5O4S2/c1-35(31,32)23-27-34-22-26-21(30)16(20(25)29(22)23)12-14-13-28(18-8-4-2-6-15(14)18)10-11-33-19-9-5-3-7-17(19)24/h2-9,12-13,25H,10-11H2,1H3/b16-12-,25-20?. The number of hydrogen-bond donors (Lipinski definition) is 1. The van der Waals surface area contributed by atoms with E-state index in [1.54, 1.807) is 18.2 Å². The zero-order chi connectivity index (χ0) is 24.7. The number of ether oxygens (including phenoxy) is 1. The van der Waals surface area contributed by atoms with Gasteiger partial charge in [-0.15, -0.1) is 0 Å². The molecule has 178 valence electrons. The second-order valence-corrected chi connectivity index (χ2v) is 10.8. The predicted molar refractivity (Wildman–Crippen MR) is 139 cm³/mol. The molecule has 5 rings (SSSR count). The van der Waals surface area contributed by atoms with Crippen LogP contribution in [0.2, 0.25) is 5.02 Å². The Morgan fingerprint density at radius 3 is 2.69 bits per heavy atom. The highest BCUT2D eigenvalue weighted by Crippen LogP contribution is 2.31. The van der Waals surface area contributed by atoms with Gasteiger partial charge < -0.3 is 9.30 Å². The smallest absolute Gasteiger partial charge is 0.283 e. The van der Waals surface area contributed by atoms with E-state index in [0.29, 0.717) is 29.5 Å². The third-order valence-corrected chi connectivity index (χ3v) is 7.44. The zero-order valence-electron chi connectivity index (χ0n) is 18.3. The van der Waals surface area contributed by atoms with Gasteiger partial charge in [-0.25, -0.2) is 13.3 Å². The summed E-state index contributed by atoms with van der Waals surface area (Å²) in [6, 6.07) is 14.9. The van der Waals surface area contributed by atoms with Crippen LogP contribution in [-0.2, 0) is 21.2 Å². The van der Waals surface area contributed by atoms with Crippen LogP contribution in [0.3, 0.4) is 0 Å². The minimum atomic E-state index is -3.72. The lowest BCUT2D eigenvalue weighted by Gasteiger charge is -2.23. The number of carbonyl (C=O) groups excluding carboxylic acids is 1. The van der Waals surface area contributed by atoms with Crippen molar-refractivity contribution in [2.75, 3.05) is 12.9 Å². The average Bonchev–Trinajstić information content (AvgIpc) is 3.40. The van der Waals surface area contributed by atoms with Crippen LogP contribution < -0.4 is 4.74 Å². The van der Waals surface area contributed by atoms with Gasteiger partial charge in [0.15, 0.2) is 0 Å². The van der Waals surface area contributed by atoms with E-state index < -0.39 is 15.7 Å². The molecule has 0 fully saturated rings. The van der Waals surface area contributed by atoms with Gasteiger partial charge >= 0.3 is 0 Å². The summed E-state index contributed by atoms with van der Waals surface area (Å²) in [7, 11) is -3.72. The van der Waals surface area contributed by atoms with E-state index in [0.717, 1.165) is 34.0 Å². The van der Waals surface area contributed by atoms with Gasteiger partial charge in [-0.2, -0.15) is 9.39 Å². The van der Waals surface area contributed by atoms with Gasteiger partial charge in [0.1, 0.15) is 18.2 Å². The van der Waals surface area contributed by atoms with Crippen LogP contribution >= 0.6 is 23.5 Å². The summed E-state index contributed by atoms with van der Waals surface area (Å²) in [5.74, 6) is -0.319. The molecule has 0 unspecified atom stereocenters. The van der Waals surface area contributed by atoms with Gasteiger partial charge in [0.05, 0.1) is 29.1 Å². The van der Waals surface area contributed by atoms with Crippen molar-refractivity contribution in [2.24, 2.45) is 9.39 Å². The van der Waals surface area contributed by atoms with Gasteiger partial charge in [0, 0.05) is 28.9 Å². The van der Waals surface area contributed by atoms with Crippen LogP contribution in [-0.4, -0.2) is 52.8 Å². The van der Waals surface area contributed by atoms with E-state index in [1.165, 1.54) is 0 Å². The van der Waals surface area contributed by atoms with Crippen LogP contribution in [0.1, 0.15) is 5.56 Å². The molecule has 0 spiro atoms. The van der Waals surface area contributed by atoms with E-state index >= 15 is 0 Å². The Labute approximate surface area is 210 Å². The highest BCUT2D eigenvalue weighted by atomic mass is 35.5. The molecule has 2 aromatic carbocycles. The van der Waals surface area contributed by atoms with E-state index in [-0.39, 0.29) is 21.7 Å². The van der Waals surface area contributed by atoms with Crippen molar-refractivity contribution in [1.29, 1.82) is 5.41 Å². The number of nitrogens with one attached hydrogen (secondary N) is 1. The Morgan fingerprint density at radius 2 is 1.91 bits per heavy atom. The number of hydrogen-bond acceptors (Lipinski definition) is 7. The molecule has 0 saturated carbocycles. The van der Waals surface area contributed by atoms with E-state index in [1.807, 2.05) is 47.2 Å². The predicted octanol–water partition coefficient (Wildman–Crippen LogP) is 3.99. The van der Waals surface area contributed by atoms with Crippen molar-refractivity contribution >= 4 is 72.4 Å². The Balaban J connectivity index is 1.47. The lowest BCUT2D eigenvalue weighted by Crippen LogP contribution is -2.45. The molecular formula is C23H18ClN5O4S2.